The van der Waals surface area contributed by atoms with Crippen molar-refractivity contribution in [3.63, 3.8) is 0 Å². The second-order valence-electron chi connectivity index (χ2n) is 6.25. The fourth-order valence-electron chi connectivity index (χ4n) is 3.04. The van der Waals surface area contributed by atoms with Crippen molar-refractivity contribution in [2.75, 3.05) is 0 Å². The number of thiazole rings is 1. The fraction of sp³-hybridized carbons (Fsp3) is 0.0435. The first-order chi connectivity index (χ1) is 13.6. The Morgan fingerprint density at radius 1 is 0.857 bits per heavy atom. The molecule has 0 spiro atoms. The molecule has 1 aromatic heterocycles. The highest BCUT2D eigenvalue weighted by molar-refractivity contribution is 9.10. The molecule has 1 heterocycles. The molecule has 0 saturated carbocycles. The molecule has 5 heteroatoms. The van der Waals surface area contributed by atoms with Crippen LogP contribution in [0.3, 0.4) is 0 Å². The van der Waals surface area contributed by atoms with E-state index in [2.05, 4.69) is 45.2 Å². The number of carbonyl (C=O) groups is 1. The van der Waals surface area contributed by atoms with Crippen LogP contribution < -0.4 is 4.80 Å². The number of rotatable bonds is 3. The van der Waals surface area contributed by atoms with Gasteiger partial charge in [-0.25, -0.2) is 0 Å². The molecule has 28 heavy (non-hydrogen) atoms. The minimum Gasteiger partial charge on any atom is -0.319 e. The third-order valence-electron chi connectivity index (χ3n) is 4.42. The average Bonchev–Trinajstić information content (AvgIpc) is 3.05. The maximum Gasteiger partial charge on any atom is 0.280 e. The molecule has 3 aromatic carbocycles. The molecule has 0 bridgehead atoms. The van der Waals surface area contributed by atoms with Crippen molar-refractivity contribution in [1.82, 2.24) is 4.57 Å². The second-order valence-corrected chi connectivity index (χ2v) is 8.08. The quantitative estimate of drug-likeness (QED) is 0.382. The first kappa shape index (κ1) is 18.6. The largest absolute Gasteiger partial charge is 0.319 e. The van der Waals surface area contributed by atoms with Crippen LogP contribution in [0.1, 0.15) is 10.4 Å². The van der Waals surface area contributed by atoms with E-state index in [1.54, 1.807) is 6.07 Å². The Morgan fingerprint density at radius 3 is 2.07 bits per heavy atom. The molecule has 0 unspecified atom stereocenters. The van der Waals surface area contributed by atoms with E-state index < -0.39 is 0 Å². The maximum absolute atomic E-state index is 12.8. The molecule has 1 amide bonds. The zero-order chi connectivity index (χ0) is 19.5. The molecular formula is C23H17BrN2OS. The van der Waals surface area contributed by atoms with E-state index in [1.807, 2.05) is 66.2 Å². The van der Waals surface area contributed by atoms with Gasteiger partial charge in [-0.05, 0) is 39.2 Å². The van der Waals surface area contributed by atoms with Crippen LogP contribution in [0.2, 0.25) is 0 Å². The van der Waals surface area contributed by atoms with E-state index in [9.17, 15) is 4.79 Å². The maximum atomic E-state index is 12.8. The van der Waals surface area contributed by atoms with Crippen molar-refractivity contribution in [3.8, 4) is 21.7 Å². The van der Waals surface area contributed by atoms with Crippen molar-refractivity contribution in [3.05, 3.63) is 99.8 Å². The van der Waals surface area contributed by atoms with Gasteiger partial charge in [0.1, 0.15) is 0 Å². The lowest BCUT2D eigenvalue weighted by molar-refractivity contribution is 0.0997. The van der Waals surface area contributed by atoms with Gasteiger partial charge in [0.25, 0.3) is 5.91 Å². The number of aromatic nitrogens is 1. The van der Waals surface area contributed by atoms with Crippen molar-refractivity contribution in [2.24, 2.45) is 12.0 Å². The van der Waals surface area contributed by atoms with Gasteiger partial charge in [0.15, 0.2) is 4.80 Å². The monoisotopic (exact) mass is 448 g/mol. The first-order valence-electron chi connectivity index (χ1n) is 8.79. The van der Waals surface area contributed by atoms with Crippen LogP contribution >= 0.6 is 27.3 Å². The fourth-order valence-corrected chi connectivity index (χ4v) is 4.64. The summed E-state index contributed by atoms with van der Waals surface area (Å²) in [5.74, 6) is -0.261. The third kappa shape index (κ3) is 3.63. The van der Waals surface area contributed by atoms with Gasteiger partial charge in [0.2, 0.25) is 0 Å². The van der Waals surface area contributed by atoms with Crippen LogP contribution in [0.15, 0.2) is 94.4 Å². The number of carbonyl (C=O) groups excluding carboxylic acids is 1. The number of halogens is 1. The SMILES string of the molecule is Cn1c(-c2ccccc2)c(-c2ccccc2)sc1=NC(=O)c1ccccc1Br. The predicted molar refractivity (Wildman–Crippen MR) is 118 cm³/mol. The number of amides is 1. The van der Waals surface area contributed by atoms with Gasteiger partial charge in [-0.3, -0.25) is 4.79 Å². The Hall–Kier alpha value is -2.76. The third-order valence-corrected chi connectivity index (χ3v) is 6.29. The van der Waals surface area contributed by atoms with Crippen LogP contribution in [-0.2, 0) is 7.05 Å². The van der Waals surface area contributed by atoms with Crippen molar-refractivity contribution in [1.29, 1.82) is 0 Å². The van der Waals surface area contributed by atoms with E-state index in [0.29, 0.717) is 10.4 Å². The van der Waals surface area contributed by atoms with E-state index in [-0.39, 0.29) is 5.91 Å². The summed E-state index contributed by atoms with van der Waals surface area (Å²) < 4.78 is 2.74. The molecule has 0 aliphatic heterocycles. The molecule has 4 aromatic rings. The summed E-state index contributed by atoms with van der Waals surface area (Å²) in [6.07, 6.45) is 0. The molecule has 0 atom stereocenters. The number of hydrogen-bond acceptors (Lipinski definition) is 2. The van der Waals surface area contributed by atoms with Crippen LogP contribution in [0.5, 0.6) is 0 Å². The highest BCUT2D eigenvalue weighted by Crippen LogP contribution is 2.34. The number of benzene rings is 3. The highest BCUT2D eigenvalue weighted by Gasteiger charge is 2.16. The van der Waals surface area contributed by atoms with Crippen LogP contribution in [0, 0.1) is 0 Å². The Balaban J connectivity index is 1.92. The van der Waals surface area contributed by atoms with E-state index >= 15 is 0 Å². The summed E-state index contributed by atoms with van der Waals surface area (Å²) in [5.41, 5.74) is 3.81. The summed E-state index contributed by atoms with van der Waals surface area (Å²) in [5, 5.41) is 0. The van der Waals surface area contributed by atoms with Crippen LogP contribution in [0.25, 0.3) is 21.7 Å². The molecule has 0 N–H and O–H groups in total. The summed E-state index contributed by atoms with van der Waals surface area (Å²) >= 11 is 4.96. The van der Waals surface area contributed by atoms with Gasteiger partial charge in [-0.2, -0.15) is 4.99 Å². The summed E-state index contributed by atoms with van der Waals surface area (Å²) in [7, 11) is 1.96. The van der Waals surface area contributed by atoms with Gasteiger partial charge in [-0.15, -0.1) is 0 Å². The van der Waals surface area contributed by atoms with E-state index in [0.717, 1.165) is 26.2 Å². The van der Waals surface area contributed by atoms with Gasteiger partial charge in [0.05, 0.1) is 16.1 Å². The molecule has 0 fully saturated rings. The molecule has 0 radical (unpaired) electrons. The van der Waals surface area contributed by atoms with Gasteiger partial charge < -0.3 is 4.57 Å². The summed E-state index contributed by atoms with van der Waals surface area (Å²) in [4.78, 5) is 19.0. The average molecular weight is 449 g/mol. The Kier molecular flexibility index (Phi) is 5.37. The normalized spacial score (nSPS) is 11.6. The second kappa shape index (κ2) is 8.09. The molecule has 0 aliphatic carbocycles. The summed E-state index contributed by atoms with van der Waals surface area (Å²) in [6.45, 7) is 0. The lowest BCUT2D eigenvalue weighted by Crippen LogP contribution is -2.14. The van der Waals surface area contributed by atoms with Crippen LogP contribution in [-0.4, -0.2) is 10.5 Å². The first-order valence-corrected chi connectivity index (χ1v) is 10.4. The van der Waals surface area contributed by atoms with E-state index in [1.165, 1.54) is 11.3 Å². The molecule has 0 saturated heterocycles. The predicted octanol–water partition coefficient (Wildman–Crippen LogP) is 5.92. The zero-order valence-electron chi connectivity index (χ0n) is 15.2. The molecule has 4 rings (SSSR count). The number of hydrogen-bond donors (Lipinski definition) is 0. The van der Waals surface area contributed by atoms with Crippen molar-refractivity contribution >= 4 is 33.2 Å². The zero-order valence-corrected chi connectivity index (χ0v) is 17.6. The topological polar surface area (TPSA) is 34.4 Å². The molecule has 0 aliphatic rings. The lowest BCUT2D eigenvalue weighted by atomic mass is 10.1. The van der Waals surface area contributed by atoms with Gasteiger partial charge >= 0.3 is 0 Å². The standard InChI is InChI=1S/C23H17BrN2OS/c1-26-20(16-10-4-2-5-11-16)21(17-12-6-3-7-13-17)28-23(26)25-22(27)18-14-8-9-15-19(18)24/h2-15H,1H3. The highest BCUT2D eigenvalue weighted by atomic mass is 79.9. The minimum atomic E-state index is -0.261. The number of nitrogens with zero attached hydrogens (tertiary/aromatic N) is 2. The van der Waals surface area contributed by atoms with Gasteiger partial charge in [-0.1, -0.05) is 84.1 Å². The Bertz CT molecular complexity index is 1190. The molecule has 138 valence electrons. The van der Waals surface area contributed by atoms with Crippen molar-refractivity contribution in [2.45, 2.75) is 0 Å². The van der Waals surface area contributed by atoms with Crippen molar-refractivity contribution < 1.29 is 4.79 Å². The van der Waals surface area contributed by atoms with E-state index in [4.69, 9.17) is 0 Å². The van der Waals surface area contributed by atoms with Crippen LogP contribution in [0.4, 0.5) is 0 Å². The smallest absolute Gasteiger partial charge is 0.280 e. The van der Waals surface area contributed by atoms with Gasteiger partial charge in [0, 0.05) is 11.5 Å². The Morgan fingerprint density at radius 2 is 1.43 bits per heavy atom. The Labute approximate surface area is 175 Å². The molecular weight excluding hydrogens is 432 g/mol. The summed E-state index contributed by atoms with van der Waals surface area (Å²) in [6, 6.07) is 27.7. The molecule has 3 nitrogen and oxygen atoms in total. The lowest BCUT2D eigenvalue weighted by Gasteiger charge is -2.07. The minimum absolute atomic E-state index is 0.261.